The smallest absolute Gasteiger partial charge is 0.325 e. The van der Waals surface area contributed by atoms with E-state index >= 15 is 0 Å². The van der Waals surface area contributed by atoms with Crippen molar-refractivity contribution in [1.29, 1.82) is 0 Å². The second kappa shape index (κ2) is 4.42. The summed E-state index contributed by atoms with van der Waals surface area (Å²) in [7, 11) is 0. The minimum atomic E-state index is -0.880. The standard InChI is InChI=1S/C10H15N3O2/c14-9(15)6-13-7-11-10(12-13)8-4-2-1-3-5-8/h7-8H,1-6H2,(H,14,15). The fourth-order valence-electron chi connectivity index (χ4n) is 2.07. The summed E-state index contributed by atoms with van der Waals surface area (Å²) in [5.41, 5.74) is 0. The molecule has 1 aliphatic rings. The average molecular weight is 209 g/mol. The van der Waals surface area contributed by atoms with E-state index in [1.807, 2.05) is 0 Å². The van der Waals surface area contributed by atoms with Crippen LogP contribution in [-0.2, 0) is 11.3 Å². The van der Waals surface area contributed by atoms with Crippen LogP contribution in [0.4, 0.5) is 0 Å². The fraction of sp³-hybridized carbons (Fsp3) is 0.700. The van der Waals surface area contributed by atoms with Crippen molar-refractivity contribution in [1.82, 2.24) is 14.8 Å². The Labute approximate surface area is 88.1 Å². The summed E-state index contributed by atoms with van der Waals surface area (Å²) in [6, 6.07) is 0. The molecule has 1 N–H and O–H groups in total. The highest BCUT2D eigenvalue weighted by molar-refractivity contribution is 5.66. The summed E-state index contributed by atoms with van der Waals surface area (Å²) in [5.74, 6) is 0.375. The number of carboxylic acid groups (broad SMARTS) is 1. The van der Waals surface area contributed by atoms with Crippen LogP contribution >= 0.6 is 0 Å². The van der Waals surface area contributed by atoms with Gasteiger partial charge in [-0.05, 0) is 12.8 Å². The van der Waals surface area contributed by atoms with Gasteiger partial charge in [-0.2, -0.15) is 5.10 Å². The van der Waals surface area contributed by atoms with Gasteiger partial charge in [0.15, 0.2) is 5.82 Å². The fourth-order valence-corrected chi connectivity index (χ4v) is 2.07. The van der Waals surface area contributed by atoms with Crippen molar-refractivity contribution in [3.63, 3.8) is 0 Å². The lowest BCUT2D eigenvalue weighted by Crippen LogP contribution is -2.11. The Kier molecular flexibility index (Phi) is 2.99. The van der Waals surface area contributed by atoms with E-state index in [0.29, 0.717) is 5.92 Å². The molecular weight excluding hydrogens is 194 g/mol. The minimum Gasteiger partial charge on any atom is -0.480 e. The molecule has 1 aromatic rings. The zero-order valence-corrected chi connectivity index (χ0v) is 8.59. The maximum Gasteiger partial charge on any atom is 0.325 e. The lowest BCUT2D eigenvalue weighted by Gasteiger charge is -2.18. The maximum atomic E-state index is 10.5. The van der Waals surface area contributed by atoms with E-state index in [9.17, 15) is 4.79 Å². The lowest BCUT2D eigenvalue weighted by molar-refractivity contribution is -0.137. The highest BCUT2D eigenvalue weighted by Gasteiger charge is 2.19. The van der Waals surface area contributed by atoms with Gasteiger partial charge in [-0.25, -0.2) is 9.67 Å². The van der Waals surface area contributed by atoms with Crippen LogP contribution in [-0.4, -0.2) is 25.8 Å². The topological polar surface area (TPSA) is 68.0 Å². The van der Waals surface area contributed by atoms with Crippen LogP contribution in [0.3, 0.4) is 0 Å². The number of nitrogens with zero attached hydrogens (tertiary/aromatic N) is 3. The van der Waals surface area contributed by atoms with Crippen LogP contribution in [0.25, 0.3) is 0 Å². The van der Waals surface area contributed by atoms with Gasteiger partial charge in [-0.1, -0.05) is 19.3 Å². The van der Waals surface area contributed by atoms with Gasteiger partial charge in [0, 0.05) is 5.92 Å². The van der Waals surface area contributed by atoms with Crippen LogP contribution in [0.15, 0.2) is 6.33 Å². The molecule has 15 heavy (non-hydrogen) atoms. The molecule has 5 heteroatoms. The number of hydrogen-bond donors (Lipinski definition) is 1. The van der Waals surface area contributed by atoms with Gasteiger partial charge in [0.25, 0.3) is 0 Å². The van der Waals surface area contributed by atoms with Crippen LogP contribution in [0.5, 0.6) is 0 Å². The van der Waals surface area contributed by atoms with Gasteiger partial charge < -0.3 is 5.11 Å². The molecule has 82 valence electrons. The first-order valence-electron chi connectivity index (χ1n) is 5.37. The Bertz CT molecular complexity index is 342. The molecule has 0 aromatic carbocycles. The highest BCUT2D eigenvalue weighted by atomic mass is 16.4. The Morgan fingerprint density at radius 3 is 2.87 bits per heavy atom. The number of carboxylic acids is 1. The van der Waals surface area contributed by atoms with Crippen molar-refractivity contribution >= 4 is 5.97 Å². The monoisotopic (exact) mass is 209 g/mol. The SMILES string of the molecule is O=C(O)Cn1cnc(C2CCCCC2)n1. The van der Waals surface area contributed by atoms with E-state index in [1.165, 1.54) is 30.3 Å². The second-order valence-corrected chi connectivity index (χ2v) is 4.03. The molecule has 5 nitrogen and oxygen atoms in total. The largest absolute Gasteiger partial charge is 0.480 e. The predicted molar refractivity (Wildman–Crippen MR) is 53.5 cm³/mol. The third kappa shape index (κ3) is 2.55. The van der Waals surface area contributed by atoms with E-state index in [-0.39, 0.29) is 6.54 Å². The molecule has 1 saturated carbocycles. The predicted octanol–water partition coefficient (Wildman–Crippen LogP) is 1.41. The number of hydrogen-bond acceptors (Lipinski definition) is 3. The lowest BCUT2D eigenvalue weighted by atomic mass is 9.89. The molecule has 0 atom stereocenters. The molecular formula is C10H15N3O2. The minimum absolute atomic E-state index is 0.0975. The molecule has 0 radical (unpaired) electrons. The Morgan fingerprint density at radius 2 is 2.20 bits per heavy atom. The summed E-state index contributed by atoms with van der Waals surface area (Å²) >= 11 is 0. The van der Waals surface area contributed by atoms with Crippen LogP contribution in [0, 0.1) is 0 Å². The van der Waals surface area contributed by atoms with Crippen molar-refractivity contribution in [3.8, 4) is 0 Å². The number of aliphatic carboxylic acids is 1. The Balaban J connectivity index is 2.02. The molecule has 0 spiro atoms. The van der Waals surface area contributed by atoms with Gasteiger partial charge >= 0.3 is 5.97 Å². The van der Waals surface area contributed by atoms with Crippen molar-refractivity contribution < 1.29 is 9.90 Å². The van der Waals surface area contributed by atoms with Crippen LogP contribution < -0.4 is 0 Å². The van der Waals surface area contributed by atoms with Crippen molar-refractivity contribution in [2.45, 2.75) is 44.6 Å². The van der Waals surface area contributed by atoms with E-state index in [1.54, 1.807) is 0 Å². The number of rotatable bonds is 3. The van der Waals surface area contributed by atoms with Gasteiger partial charge in [0.05, 0.1) is 0 Å². The third-order valence-corrected chi connectivity index (χ3v) is 2.82. The number of carbonyl (C=O) groups is 1. The van der Waals surface area contributed by atoms with Crippen LogP contribution in [0.2, 0.25) is 0 Å². The molecule has 2 rings (SSSR count). The highest BCUT2D eigenvalue weighted by Crippen LogP contribution is 2.30. The summed E-state index contributed by atoms with van der Waals surface area (Å²) in [5, 5.41) is 12.8. The van der Waals surface area contributed by atoms with E-state index in [2.05, 4.69) is 10.1 Å². The first-order valence-corrected chi connectivity index (χ1v) is 5.37. The molecule has 1 heterocycles. The Hall–Kier alpha value is -1.39. The van der Waals surface area contributed by atoms with Crippen molar-refractivity contribution in [2.75, 3.05) is 0 Å². The molecule has 0 bridgehead atoms. The molecule has 0 unspecified atom stereocenters. The van der Waals surface area contributed by atoms with E-state index in [0.717, 1.165) is 18.7 Å². The van der Waals surface area contributed by atoms with E-state index < -0.39 is 5.97 Å². The maximum absolute atomic E-state index is 10.5. The molecule has 1 fully saturated rings. The zero-order valence-electron chi connectivity index (χ0n) is 8.59. The molecule has 0 saturated heterocycles. The summed E-state index contributed by atoms with van der Waals surface area (Å²) in [4.78, 5) is 14.6. The quantitative estimate of drug-likeness (QED) is 0.817. The first kappa shape index (κ1) is 10.1. The summed E-state index contributed by atoms with van der Waals surface area (Å²) in [6.45, 7) is -0.0975. The Morgan fingerprint density at radius 1 is 1.47 bits per heavy atom. The van der Waals surface area contributed by atoms with Crippen LogP contribution in [0.1, 0.15) is 43.8 Å². The second-order valence-electron chi connectivity index (χ2n) is 4.03. The van der Waals surface area contributed by atoms with Crippen molar-refractivity contribution in [2.24, 2.45) is 0 Å². The molecule has 1 aliphatic carbocycles. The normalized spacial score (nSPS) is 17.9. The third-order valence-electron chi connectivity index (χ3n) is 2.82. The van der Waals surface area contributed by atoms with Gasteiger partial charge in [-0.3, -0.25) is 4.79 Å². The van der Waals surface area contributed by atoms with Gasteiger partial charge in [0.2, 0.25) is 0 Å². The summed E-state index contributed by atoms with van der Waals surface area (Å²) in [6.07, 6.45) is 7.55. The number of aromatic nitrogens is 3. The zero-order chi connectivity index (χ0) is 10.7. The first-order chi connectivity index (χ1) is 7.25. The van der Waals surface area contributed by atoms with E-state index in [4.69, 9.17) is 5.11 Å². The summed E-state index contributed by atoms with van der Waals surface area (Å²) < 4.78 is 1.40. The molecule has 0 amide bonds. The van der Waals surface area contributed by atoms with Gasteiger partial charge in [0.1, 0.15) is 12.9 Å². The average Bonchev–Trinajstić information content (AvgIpc) is 2.67. The molecule has 0 aliphatic heterocycles. The molecule has 1 aromatic heterocycles. The van der Waals surface area contributed by atoms with Gasteiger partial charge in [-0.15, -0.1) is 0 Å². The van der Waals surface area contributed by atoms with Crippen molar-refractivity contribution in [3.05, 3.63) is 12.2 Å².